The lowest BCUT2D eigenvalue weighted by Gasteiger charge is -2.11. The fourth-order valence-electron chi connectivity index (χ4n) is 0.841. The zero-order valence-corrected chi connectivity index (χ0v) is 8.18. The lowest BCUT2D eigenvalue weighted by atomic mass is 9.88. The highest BCUT2D eigenvalue weighted by Gasteiger charge is 2.22. The van der Waals surface area contributed by atoms with Crippen LogP contribution in [0.4, 0.5) is 0 Å². The first kappa shape index (κ1) is 9.75. The van der Waals surface area contributed by atoms with Gasteiger partial charge in [0.2, 0.25) is 0 Å². The number of carbonyl (C=O) groups is 1. The second kappa shape index (κ2) is 3.19. The van der Waals surface area contributed by atoms with Crippen LogP contribution < -0.4 is 0 Å². The van der Waals surface area contributed by atoms with Crippen molar-refractivity contribution in [3.05, 3.63) is 21.9 Å². The number of nitrogens with zero attached hydrogens (tertiary/aromatic N) is 1. The van der Waals surface area contributed by atoms with E-state index < -0.39 is 11.4 Å². The van der Waals surface area contributed by atoms with Crippen molar-refractivity contribution in [3.8, 4) is 6.07 Å². The van der Waals surface area contributed by atoms with Crippen LogP contribution in [0.25, 0.3) is 0 Å². The average molecular weight is 195 g/mol. The van der Waals surface area contributed by atoms with E-state index >= 15 is 0 Å². The molecular formula is C9H9NO2S. The van der Waals surface area contributed by atoms with Crippen LogP contribution >= 0.6 is 11.3 Å². The number of hydrogen-bond acceptors (Lipinski definition) is 3. The van der Waals surface area contributed by atoms with Crippen molar-refractivity contribution < 1.29 is 9.90 Å². The average Bonchev–Trinajstić information content (AvgIpc) is 2.52. The summed E-state index contributed by atoms with van der Waals surface area (Å²) in [7, 11) is 0. The standard InChI is InChI=1S/C9H9NO2S/c1-9(2,5-10)6-3-7(8(11)12)13-4-6/h3-4H,1-2H3,(H,11,12). The fraction of sp³-hybridized carbons (Fsp3) is 0.333. The molecule has 0 aliphatic carbocycles. The molecule has 0 fully saturated rings. The maximum Gasteiger partial charge on any atom is 0.345 e. The second-order valence-electron chi connectivity index (χ2n) is 3.24. The Kier molecular flexibility index (Phi) is 2.39. The molecule has 0 aromatic carbocycles. The van der Waals surface area contributed by atoms with E-state index in [-0.39, 0.29) is 4.88 Å². The van der Waals surface area contributed by atoms with Gasteiger partial charge in [-0.25, -0.2) is 4.79 Å². The Hall–Kier alpha value is -1.34. The molecule has 0 atom stereocenters. The minimum absolute atomic E-state index is 0.276. The Morgan fingerprint density at radius 1 is 1.69 bits per heavy atom. The first-order valence-corrected chi connectivity index (χ1v) is 4.59. The number of nitriles is 1. The minimum Gasteiger partial charge on any atom is -0.477 e. The molecule has 0 unspecified atom stereocenters. The van der Waals surface area contributed by atoms with Gasteiger partial charge in [-0.15, -0.1) is 11.3 Å². The van der Waals surface area contributed by atoms with Gasteiger partial charge in [-0.3, -0.25) is 0 Å². The minimum atomic E-state index is -0.940. The third-order valence-corrected chi connectivity index (χ3v) is 2.73. The number of carboxylic acids is 1. The van der Waals surface area contributed by atoms with Crippen LogP contribution in [-0.2, 0) is 5.41 Å². The first-order chi connectivity index (χ1) is 5.97. The number of rotatable bonds is 2. The Labute approximate surface area is 80.2 Å². The summed E-state index contributed by atoms with van der Waals surface area (Å²) < 4.78 is 0. The summed E-state index contributed by atoms with van der Waals surface area (Å²) in [5, 5.41) is 19.2. The molecule has 0 aliphatic heterocycles. The van der Waals surface area contributed by atoms with E-state index in [2.05, 4.69) is 6.07 Å². The predicted molar refractivity (Wildman–Crippen MR) is 49.9 cm³/mol. The molecule has 1 aromatic rings. The molecule has 0 bridgehead atoms. The zero-order chi connectivity index (χ0) is 10.1. The first-order valence-electron chi connectivity index (χ1n) is 3.71. The highest BCUT2D eigenvalue weighted by atomic mass is 32.1. The number of hydrogen-bond donors (Lipinski definition) is 1. The maximum absolute atomic E-state index is 10.6. The van der Waals surface area contributed by atoms with Crippen LogP contribution in [-0.4, -0.2) is 11.1 Å². The molecule has 1 aromatic heterocycles. The van der Waals surface area contributed by atoms with E-state index in [1.807, 2.05) is 0 Å². The Balaban J connectivity index is 3.07. The summed E-state index contributed by atoms with van der Waals surface area (Å²) in [4.78, 5) is 10.8. The smallest absolute Gasteiger partial charge is 0.345 e. The van der Waals surface area contributed by atoms with Crippen molar-refractivity contribution in [2.24, 2.45) is 0 Å². The lowest BCUT2D eigenvalue weighted by molar-refractivity contribution is 0.0702. The summed E-state index contributed by atoms with van der Waals surface area (Å²) in [5.74, 6) is -0.940. The van der Waals surface area contributed by atoms with E-state index in [9.17, 15) is 4.79 Å². The molecule has 0 amide bonds. The van der Waals surface area contributed by atoms with Gasteiger partial charge in [-0.2, -0.15) is 5.26 Å². The monoisotopic (exact) mass is 195 g/mol. The van der Waals surface area contributed by atoms with E-state index in [1.54, 1.807) is 25.3 Å². The molecule has 4 heteroatoms. The summed E-state index contributed by atoms with van der Waals surface area (Å²) in [6.07, 6.45) is 0. The maximum atomic E-state index is 10.6. The molecule has 68 valence electrons. The lowest BCUT2D eigenvalue weighted by Crippen LogP contribution is -2.12. The molecule has 3 nitrogen and oxygen atoms in total. The van der Waals surface area contributed by atoms with Gasteiger partial charge in [0.1, 0.15) is 4.88 Å². The fourth-order valence-corrected chi connectivity index (χ4v) is 1.75. The van der Waals surface area contributed by atoms with E-state index in [0.29, 0.717) is 0 Å². The summed E-state index contributed by atoms with van der Waals surface area (Å²) in [6.45, 7) is 3.53. The molecule has 0 saturated heterocycles. The largest absolute Gasteiger partial charge is 0.477 e. The third-order valence-electron chi connectivity index (χ3n) is 1.81. The van der Waals surface area contributed by atoms with Gasteiger partial charge in [0.25, 0.3) is 0 Å². The van der Waals surface area contributed by atoms with E-state index in [0.717, 1.165) is 16.9 Å². The van der Waals surface area contributed by atoms with Crippen LogP contribution in [0.3, 0.4) is 0 Å². The topological polar surface area (TPSA) is 61.1 Å². The van der Waals surface area contributed by atoms with Gasteiger partial charge in [0.15, 0.2) is 0 Å². The van der Waals surface area contributed by atoms with Crippen molar-refractivity contribution in [1.82, 2.24) is 0 Å². The molecule has 13 heavy (non-hydrogen) atoms. The SMILES string of the molecule is CC(C)(C#N)c1csc(C(=O)O)c1. The highest BCUT2D eigenvalue weighted by Crippen LogP contribution is 2.26. The van der Waals surface area contributed by atoms with Gasteiger partial charge >= 0.3 is 5.97 Å². The summed E-state index contributed by atoms with van der Waals surface area (Å²) in [5.41, 5.74) is 0.155. The zero-order valence-electron chi connectivity index (χ0n) is 7.37. The molecule has 0 spiro atoms. The van der Waals surface area contributed by atoms with Crippen molar-refractivity contribution in [1.29, 1.82) is 5.26 Å². The molecule has 0 saturated carbocycles. The normalized spacial score (nSPS) is 10.8. The van der Waals surface area contributed by atoms with Gasteiger partial charge in [0, 0.05) is 0 Å². The van der Waals surface area contributed by atoms with Crippen LogP contribution in [0.15, 0.2) is 11.4 Å². The highest BCUT2D eigenvalue weighted by molar-refractivity contribution is 7.12. The molecule has 1 rings (SSSR count). The van der Waals surface area contributed by atoms with Crippen molar-refractivity contribution in [2.45, 2.75) is 19.3 Å². The van der Waals surface area contributed by atoms with Gasteiger partial charge < -0.3 is 5.11 Å². The van der Waals surface area contributed by atoms with Crippen LogP contribution in [0, 0.1) is 11.3 Å². The Morgan fingerprint density at radius 2 is 2.31 bits per heavy atom. The van der Waals surface area contributed by atoms with Crippen LogP contribution in [0.5, 0.6) is 0 Å². The number of aromatic carboxylic acids is 1. The molecule has 1 N–H and O–H groups in total. The molecule has 1 heterocycles. The second-order valence-corrected chi connectivity index (χ2v) is 4.15. The van der Waals surface area contributed by atoms with E-state index in [1.165, 1.54) is 0 Å². The predicted octanol–water partition coefficient (Wildman–Crippen LogP) is 2.25. The summed E-state index contributed by atoms with van der Waals surface area (Å²) >= 11 is 1.15. The molecule has 0 aliphatic rings. The molecular weight excluding hydrogens is 186 g/mol. The number of carboxylic acid groups (broad SMARTS) is 1. The Morgan fingerprint density at radius 3 is 2.69 bits per heavy atom. The number of thiophene rings is 1. The third kappa shape index (κ3) is 1.87. The van der Waals surface area contributed by atoms with Crippen molar-refractivity contribution in [2.75, 3.05) is 0 Å². The molecule has 0 radical (unpaired) electrons. The van der Waals surface area contributed by atoms with Crippen LogP contribution in [0.1, 0.15) is 29.1 Å². The van der Waals surface area contributed by atoms with Gasteiger partial charge in [0.05, 0.1) is 11.5 Å². The van der Waals surface area contributed by atoms with Crippen molar-refractivity contribution >= 4 is 17.3 Å². The van der Waals surface area contributed by atoms with Gasteiger partial charge in [-0.05, 0) is 30.9 Å². The Bertz CT molecular complexity index is 373. The quantitative estimate of drug-likeness (QED) is 0.787. The summed E-state index contributed by atoms with van der Waals surface area (Å²) in [6, 6.07) is 3.68. The van der Waals surface area contributed by atoms with Crippen molar-refractivity contribution in [3.63, 3.8) is 0 Å². The van der Waals surface area contributed by atoms with E-state index in [4.69, 9.17) is 10.4 Å². The van der Waals surface area contributed by atoms with Crippen LogP contribution in [0.2, 0.25) is 0 Å². The van der Waals surface area contributed by atoms with Gasteiger partial charge in [-0.1, -0.05) is 0 Å².